The molecular formula is C45H56ClN3O7. The lowest BCUT2D eigenvalue weighted by molar-refractivity contribution is -0.146. The smallest absolute Gasteiger partial charge is 0.328 e. The van der Waals surface area contributed by atoms with E-state index in [-0.39, 0.29) is 24.3 Å². The normalized spacial score (nSPS) is 15.9. The lowest BCUT2D eigenvalue weighted by Gasteiger charge is -2.30. The molecule has 1 amide bonds. The standard InChI is InChI=1S/C22H26N2O3.C12H14O2.C11H15NO2.ClH/c1-27-20(25)19(15-16-9-11-18(23)12-10-16)24-21(26)22(13-5-6-14-22)17-7-3-2-4-8-17;13-11(14)12(8-4-5-9-12)10-6-2-1-3-7-10;1-8-3-5-9(6-4-8)7-10(12)11(13)14-2;/h2-4,7-12,19H,5-6,13-15,23H2,1H3,(H,24,26);1-3,6-7H,4-5,8-9H2,(H,13,14);3-6,10H,7,12H2,1-2H3;1H. The van der Waals surface area contributed by atoms with Crippen molar-refractivity contribution in [2.24, 2.45) is 5.73 Å². The summed E-state index contributed by atoms with van der Waals surface area (Å²) in [5, 5.41) is 12.3. The first-order chi connectivity index (χ1) is 26.4. The van der Waals surface area contributed by atoms with Crippen molar-refractivity contribution in [3.05, 3.63) is 137 Å². The van der Waals surface area contributed by atoms with Crippen molar-refractivity contribution in [3.8, 4) is 0 Å². The van der Waals surface area contributed by atoms with Crippen molar-refractivity contribution < 1.29 is 33.8 Å². The first kappa shape index (κ1) is 45.2. The Hall–Kier alpha value is -5.19. The summed E-state index contributed by atoms with van der Waals surface area (Å²) in [6, 6.07) is 33.4. The Balaban J connectivity index is 0.000000245. The number of carboxylic acid groups (broad SMARTS) is 1. The number of halogens is 1. The van der Waals surface area contributed by atoms with Gasteiger partial charge >= 0.3 is 17.9 Å². The van der Waals surface area contributed by atoms with E-state index in [2.05, 4.69) is 10.1 Å². The van der Waals surface area contributed by atoms with Gasteiger partial charge < -0.3 is 31.4 Å². The molecule has 2 saturated carbocycles. The van der Waals surface area contributed by atoms with E-state index in [0.717, 1.165) is 73.6 Å². The Kier molecular flexibility index (Phi) is 17.6. The zero-order chi connectivity index (χ0) is 39.8. The number of carbonyl (C=O) groups excluding carboxylic acids is 3. The van der Waals surface area contributed by atoms with E-state index in [1.54, 1.807) is 12.1 Å². The second-order valence-electron chi connectivity index (χ2n) is 14.4. The fourth-order valence-electron chi connectivity index (χ4n) is 7.48. The van der Waals surface area contributed by atoms with Gasteiger partial charge in [-0.15, -0.1) is 12.4 Å². The van der Waals surface area contributed by atoms with Crippen LogP contribution >= 0.6 is 12.4 Å². The molecule has 6 rings (SSSR count). The van der Waals surface area contributed by atoms with Gasteiger partial charge in [0.25, 0.3) is 0 Å². The highest BCUT2D eigenvalue weighted by molar-refractivity contribution is 5.92. The van der Waals surface area contributed by atoms with Gasteiger partial charge in [0.1, 0.15) is 12.1 Å². The van der Waals surface area contributed by atoms with Gasteiger partial charge in [-0.25, -0.2) is 4.79 Å². The second-order valence-corrected chi connectivity index (χ2v) is 14.4. The number of carbonyl (C=O) groups is 4. The molecule has 2 atom stereocenters. The molecule has 0 spiro atoms. The monoisotopic (exact) mass is 785 g/mol. The zero-order valence-corrected chi connectivity index (χ0v) is 33.4. The molecule has 0 heterocycles. The number of nitrogen functional groups attached to an aromatic ring is 1. The molecule has 0 aromatic heterocycles. The summed E-state index contributed by atoms with van der Waals surface area (Å²) in [7, 11) is 2.68. The number of rotatable bonds is 11. The maximum atomic E-state index is 13.3. The van der Waals surface area contributed by atoms with Crippen LogP contribution < -0.4 is 16.8 Å². The Morgan fingerprint density at radius 1 is 0.661 bits per heavy atom. The molecule has 0 bridgehead atoms. The lowest BCUT2D eigenvalue weighted by atomic mass is 9.77. The van der Waals surface area contributed by atoms with E-state index in [9.17, 15) is 24.3 Å². The molecule has 2 aliphatic rings. The number of benzene rings is 4. The number of nitrogens with two attached hydrogens (primary N) is 2. The van der Waals surface area contributed by atoms with Gasteiger partial charge in [-0.2, -0.15) is 0 Å². The number of aryl methyl sites for hydroxylation is 1. The van der Waals surface area contributed by atoms with Crippen LogP contribution in [-0.2, 0) is 52.3 Å². The number of nitrogens with one attached hydrogen (secondary N) is 1. The van der Waals surface area contributed by atoms with Gasteiger partial charge in [-0.1, -0.05) is 128 Å². The minimum absolute atomic E-state index is 0. The largest absolute Gasteiger partial charge is 0.481 e. The van der Waals surface area contributed by atoms with Crippen molar-refractivity contribution >= 4 is 41.9 Å². The Morgan fingerprint density at radius 3 is 1.55 bits per heavy atom. The minimum Gasteiger partial charge on any atom is -0.481 e. The van der Waals surface area contributed by atoms with E-state index >= 15 is 0 Å². The topological polar surface area (TPSA) is 171 Å². The molecule has 4 aromatic carbocycles. The molecule has 10 nitrogen and oxygen atoms in total. The summed E-state index contributed by atoms with van der Waals surface area (Å²) in [5.74, 6) is -1.58. The van der Waals surface area contributed by atoms with Crippen LogP contribution in [0.5, 0.6) is 0 Å². The van der Waals surface area contributed by atoms with Crippen molar-refractivity contribution in [1.29, 1.82) is 0 Å². The predicted molar refractivity (Wildman–Crippen MR) is 221 cm³/mol. The molecule has 4 aromatic rings. The Morgan fingerprint density at radius 2 is 1.09 bits per heavy atom. The second kappa shape index (κ2) is 21.8. The van der Waals surface area contributed by atoms with Gasteiger partial charge in [0.15, 0.2) is 0 Å². The van der Waals surface area contributed by atoms with Gasteiger partial charge in [-0.05, 0) is 73.4 Å². The summed E-state index contributed by atoms with van der Waals surface area (Å²) < 4.78 is 9.48. The SMILES string of the molecule is COC(=O)C(Cc1ccc(N)cc1)NC(=O)C1(c2ccccc2)CCCC1.COC(=O)C(N)Cc1ccc(C)cc1.Cl.O=C(O)C1(c2ccccc2)CCCC1. The highest BCUT2D eigenvalue weighted by Crippen LogP contribution is 2.42. The van der Waals surface area contributed by atoms with E-state index in [0.29, 0.717) is 18.5 Å². The van der Waals surface area contributed by atoms with Crippen LogP contribution in [0.25, 0.3) is 0 Å². The average Bonchev–Trinajstić information content (AvgIpc) is 3.93. The van der Waals surface area contributed by atoms with Crippen LogP contribution in [0, 0.1) is 6.92 Å². The van der Waals surface area contributed by atoms with Gasteiger partial charge in [0, 0.05) is 12.1 Å². The molecular weight excluding hydrogens is 730 g/mol. The van der Waals surface area contributed by atoms with E-state index in [4.69, 9.17) is 16.2 Å². The van der Waals surface area contributed by atoms with E-state index < -0.39 is 34.9 Å². The summed E-state index contributed by atoms with van der Waals surface area (Å²) in [5.41, 5.74) is 16.0. The Bertz CT molecular complexity index is 1830. The van der Waals surface area contributed by atoms with E-state index in [1.807, 2.05) is 104 Å². The van der Waals surface area contributed by atoms with Crippen molar-refractivity contribution in [3.63, 3.8) is 0 Å². The van der Waals surface area contributed by atoms with Crippen LogP contribution in [0.3, 0.4) is 0 Å². The number of amides is 1. The average molecular weight is 786 g/mol. The van der Waals surface area contributed by atoms with Gasteiger partial charge in [0.2, 0.25) is 5.91 Å². The van der Waals surface area contributed by atoms with Crippen molar-refractivity contribution in [2.45, 2.75) is 94.0 Å². The molecule has 0 radical (unpaired) electrons. The lowest BCUT2D eigenvalue weighted by Crippen LogP contribution is -2.50. The summed E-state index contributed by atoms with van der Waals surface area (Å²) in [6.45, 7) is 2.02. The van der Waals surface area contributed by atoms with Crippen molar-refractivity contribution in [2.75, 3.05) is 20.0 Å². The fourth-order valence-corrected chi connectivity index (χ4v) is 7.48. The molecule has 300 valence electrons. The minimum atomic E-state index is -0.729. The number of esters is 2. The molecule has 2 fully saturated rings. The van der Waals surface area contributed by atoms with Gasteiger partial charge in [-0.3, -0.25) is 14.4 Å². The maximum absolute atomic E-state index is 13.3. The summed E-state index contributed by atoms with van der Waals surface area (Å²) >= 11 is 0. The zero-order valence-electron chi connectivity index (χ0n) is 32.6. The molecule has 6 N–H and O–H groups in total. The molecule has 0 saturated heterocycles. The number of aliphatic carboxylic acids is 1. The number of methoxy groups -OCH3 is 2. The third kappa shape index (κ3) is 11.9. The van der Waals surface area contributed by atoms with Crippen LogP contribution in [-0.4, -0.2) is 55.2 Å². The molecule has 11 heteroatoms. The van der Waals surface area contributed by atoms with E-state index in [1.165, 1.54) is 19.8 Å². The highest BCUT2D eigenvalue weighted by atomic mass is 35.5. The number of hydrogen-bond acceptors (Lipinski definition) is 8. The number of anilines is 1. The Labute approximate surface area is 336 Å². The van der Waals surface area contributed by atoms with Crippen LogP contribution in [0.2, 0.25) is 0 Å². The molecule has 0 aliphatic heterocycles. The predicted octanol–water partition coefficient (Wildman–Crippen LogP) is 7.02. The number of hydrogen-bond donors (Lipinski definition) is 4. The quantitative estimate of drug-likeness (QED) is 0.0921. The van der Waals surface area contributed by atoms with Crippen LogP contribution in [0.4, 0.5) is 5.69 Å². The first-order valence-corrected chi connectivity index (χ1v) is 18.9. The maximum Gasteiger partial charge on any atom is 0.328 e. The van der Waals surface area contributed by atoms with Gasteiger partial charge in [0.05, 0.1) is 25.0 Å². The highest BCUT2D eigenvalue weighted by Gasteiger charge is 2.44. The molecule has 56 heavy (non-hydrogen) atoms. The summed E-state index contributed by atoms with van der Waals surface area (Å²) in [6.07, 6.45) is 8.10. The third-order valence-corrected chi connectivity index (χ3v) is 10.7. The number of carboxylic acids is 1. The molecule has 2 unspecified atom stereocenters. The van der Waals surface area contributed by atoms with Crippen molar-refractivity contribution in [1.82, 2.24) is 5.32 Å². The third-order valence-electron chi connectivity index (χ3n) is 10.7. The van der Waals surface area contributed by atoms with Crippen LogP contribution in [0.1, 0.15) is 79.2 Å². The molecule has 2 aliphatic carbocycles. The number of ether oxygens (including phenoxy) is 2. The fraction of sp³-hybridized carbons (Fsp3) is 0.378. The summed E-state index contributed by atoms with van der Waals surface area (Å²) in [4.78, 5) is 48.0. The first-order valence-electron chi connectivity index (χ1n) is 18.9. The van der Waals surface area contributed by atoms with Crippen LogP contribution in [0.15, 0.2) is 109 Å².